The van der Waals surface area contributed by atoms with E-state index in [1.807, 2.05) is 54.5 Å². The van der Waals surface area contributed by atoms with Crippen molar-refractivity contribution < 1.29 is 9.59 Å². The molecule has 7 heteroatoms. The fourth-order valence-electron chi connectivity index (χ4n) is 3.61. The van der Waals surface area contributed by atoms with Gasteiger partial charge in [-0.3, -0.25) is 19.9 Å². The van der Waals surface area contributed by atoms with Crippen molar-refractivity contribution in [1.82, 2.24) is 14.9 Å². The van der Waals surface area contributed by atoms with Crippen molar-refractivity contribution in [2.45, 2.75) is 26.2 Å². The number of anilines is 1. The maximum atomic E-state index is 12.9. The third-order valence-electron chi connectivity index (χ3n) is 5.05. The largest absolute Gasteiger partial charge is 0.342 e. The van der Waals surface area contributed by atoms with E-state index in [4.69, 9.17) is 4.98 Å². The van der Waals surface area contributed by atoms with E-state index in [9.17, 15) is 9.59 Å². The molecule has 0 aliphatic carbocycles. The van der Waals surface area contributed by atoms with Gasteiger partial charge in [-0.05, 0) is 18.6 Å². The maximum absolute atomic E-state index is 12.9. The third kappa shape index (κ3) is 3.62. The van der Waals surface area contributed by atoms with Gasteiger partial charge < -0.3 is 4.90 Å². The van der Waals surface area contributed by atoms with Crippen LogP contribution in [0.2, 0.25) is 0 Å². The van der Waals surface area contributed by atoms with Gasteiger partial charge >= 0.3 is 0 Å². The molecule has 2 aromatic heterocycles. The third-order valence-corrected chi connectivity index (χ3v) is 5.73. The summed E-state index contributed by atoms with van der Waals surface area (Å²) >= 11 is 1.38. The predicted octanol–water partition coefficient (Wildman–Crippen LogP) is 3.92. The van der Waals surface area contributed by atoms with Crippen LogP contribution in [-0.4, -0.2) is 39.8 Å². The van der Waals surface area contributed by atoms with E-state index >= 15 is 0 Å². The zero-order valence-electron chi connectivity index (χ0n) is 15.9. The van der Waals surface area contributed by atoms with Crippen LogP contribution in [0.4, 0.5) is 5.13 Å². The van der Waals surface area contributed by atoms with E-state index < -0.39 is 0 Å². The van der Waals surface area contributed by atoms with Gasteiger partial charge in [-0.1, -0.05) is 32.0 Å². The molecule has 0 saturated carbocycles. The second-order valence-corrected chi connectivity index (χ2v) is 8.22. The molecule has 1 N–H and O–H groups in total. The first-order valence-corrected chi connectivity index (χ1v) is 10.3. The van der Waals surface area contributed by atoms with Crippen LogP contribution in [0.5, 0.6) is 0 Å². The second-order valence-electron chi connectivity index (χ2n) is 7.33. The van der Waals surface area contributed by atoms with Gasteiger partial charge in [0.25, 0.3) is 5.91 Å². The molecule has 3 aromatic rings. The van der Waals surface area contributed by atoms with Crippen molar-refractivity contribution in [3.8, 4) is 0 Å². The minimum absolute atomic E-state index is 0.0112. The maximum Gasteiger partial charge on any atom is 0.258 e. The molecule has 1 aliphatic heterocycles. The van der Waals surface area contributed by atoms with Crippen LogP contribution in [-0.2, 0) is 4.79 Å². The Balaban J connectivity index is 1.67. The van der Waals surface area contributed by atoms with Crippen molar-refractivity contribution >= 4 is 39.2 Å². The zero-order chi connectivity index (χ0) is 19.7. The summed E-state index contributed by atoms with van der Waals surface area (Å²) in [6.07, 6.45) is 2.52. The van der Waals surface area contributed by atoms with E-state index in [2.05, 4.69) is 10.3 Å². The lowest BCUT2D eigenvalue weighted by Gasteiger charge is -2.19. The number of fused-ring (bicyclic) bond motifs is 1. The molecular weight excluding hydrogens is 372 g/mol. The van der Waals surface area contributed by atoms with E-state index in [1.165, 1.54) is 11.3 Å². The number of hydrogen-bond acceptors (Lipinski definition) is 5. The van der Waals surface area contributed by atoms with Gasteiger partial charge in [-0.2, -0.15) is 0 Å². The van der Waals surface area contributed by atoms with Crippen molar-refractivity contribution in [3.63, 3.8) is 0 Å². The number of likely N-dealkylation sites (tertiary alicyclic amines) is 1. The summed E-state index contributed by atoms with van der Waals surface area (Å²) in [4.78, 5) is 36.1. The first-order valence-electron chi connectivity index (χ1n) is 9.42. The second kappa shape index (κ2) is 7.67. The lowest BCUT2D eigenvalue weighted by Crippen LogP contribution is -2.32. The molecule has 0 bridgehead atoms. The number of carbonyl (C=O) groups excluding carboxylic acids is 2. The Kier molecular flexibility index (Phi) is 5.09. The number of carbonyl (C=O) groups is 2. The van der Waals surface area contributed by atoms with Crippen LogP contribution in [0.25, 0.3) is 10.9 Å². The minimum Gasteiger partial charge on any atom is -0.342 e. The summed E-state index contributed by atoms with van der Waals surface area (Å²) in [5.41, 5.74) is 2.24. The van der Waals surface area contributed by atoms with Crippen molar-refractivity contribution in [1.29, 1.82) is 0 Å². The average molecular weight is 395 g/mol. The Morgan fingerprint density at radius 1 is 1.29 bits per heavy atom. The molecule has 144 valence electrons. The van der Waals surface area contributed by atoms with Gasteiger partial charge in [0.15, 0.2) is 5.13 Å². The van der Waals surface area contributed by atoms with Gasteiger partial charge in [0, 0.05) is 47.6 Å². The first-order chi connectivity index (χ1) is 13.5. The molecular formula is C21H22N4O2S. The van der Waals surface area contributed by atoms with Crippen LogP contribution in [0.1, 0.15) is 42.2 Å². The van der Waals surface area contributed by atoms with E-state index in [1.54, 1.807) is 6.20 Å². The fourth-order valence-corrected chi connectivity index (χ4v) is 4.13. The molecule has 0 spiro atoms. The van der Waals surface area contributed by atoms with Crippen LogP contribution in [0.15, 0.2) is 41.9 Å². The fraction of sp³-hybridized carbons (Fsp3) is 0.333. The molecule has 2 amide bonds. The molecule has 4 rings (SSSR count). The van der Waals surface area contributed by atoms with Gasteiger partial charge in [0.1, 0.15) is 0 Å². The molecule has 3 heterocycles. The van der Waals surface area contributed by atoms with E-state index in [0.717, 1.165) is 29.6 Å². The topological polar surface area (TPSA) is 75.2 Å². The number of pyridine rings is 1. The van der Waals surface area contributed by atoms with E-state index in [0.29, 0.717) is 17.2 Å². The molecule has 1 saturated heterocycles. The van der Waals surface area contributed by atoms with Gasteiger partial charge in [-0.15, -0.1) is 11.3 Å². The Hall–Kier alpha value is -2.80. The SMILES string of the molecule is CC(C)C(=O)N1CC[C@@H](c2cc(C(=O)Nc3nccs3)c3ccccc3n2)C1. The molecule has 0 unspecified atom stereocenters. The highest BCUT2D eigenvalue weighted by molar-refractivity contribution is 7.13. The van der Waals surface area contributed by atoms with Crippen molar-refractivity contribution in [2.24, 2.45) is 5.92 Å². The Bertz CT molecular complexity index is 1020. The number of para-hydroxylation sites is 1. The summed E-state index contributed by atoms with van der Waals surface area (Å²) in [5, 5.41) is 6.07. The van der Waals surface area contributed by atoms with Crippen molar-refractivity contribution in [3.05, 3.63) is 53.2 Å². The number of aromatic nitrogens is 2. The van der Waals surface area contributed by atoms with E-state index in [-0.39, 0.29) is 23.7 Å². The van der Waals surface area contributed by atoms with Gasteiger partial charge in [-0.25, -0.2) is 4.98 Å². The highest BCUT2D eigenvalue weighted by Crippen LogP contribution is 2.30. The normalized spacial score (nSPS) is 16.7. The lowest BCUT2D eigenvalue weighted by molar-refractivity contribution is -0.133. The van der Waals surface area contributed by atoms with Crippen molar-refractivity contribution in [2.75, 3.05) is 18.4 Å². The number of amides is 2. The molecule has 28 heavy (non-hydrogen) atoms. The van der Waals surface area contributed by atoms with Gasteiger partial charge in [0.2, 0.25) is 5.91 Å². The van der Waals surface area contributed by atoms with Crippen LogP contribution >= 0.6 is 11.3 Å². The molecule has 1 fully saturated rings. The molecule has 1 aromatic carbocycles. The average Bonchev–Trinajstić information content (AvgIpc) is 3.38. The number of benzene rings is 1. The number of rotatable bonds is 4. The Morgan fingerprint density at radius 3 is 2.86 bits per heavy atom. The van der Waals surface area contributed by atoms with Gasteiger partial charge in [0.05, 0.1) is 11.1 Å². The zero-order valence-corrected chi connectivity index (χ0v) is 16.7. The quantitative estimate of drug-likeness (QED) is 0.728. The summed E-state index contributed by atoms with van der Waals surface area (Å²) < 4.78 is 0. The Morgan fingerprint density at radius 2 is 2.11 bits per heavy atom. The minimum atomic E-state index is -0.192. The first kappa shape index (κ1) is 18.6. The summed E-state index contributed by atoms with van der Waals surface area (Å²) in [7, 11) is 0. The molecule has 0 radical (unpaired) electrons. The summed E-state index contributed by atoms with van der Waals surface area (Å²) in [5.74, 6) is 0.106. The number of nitrogens with zero attached hydrogens (tertiary/aromatic N) is 3. The molecule has 1 atom stereocenters. The summed E-state index contributed by atoms with van der Waals surface area (Å²) in [6, 6.07) is 9.53. The van der Waals surface area contributed by atoms with Crippen LogP contribution in [0.3, 0.4) is 0 Å². The summed E-state index contributed by atoms with van der Waals surface area (Å²) in [6.45, 7) is 5.22. The molecule has 6 nitrogen and oxygen atoms in total. The monoisotopic (exact) mass is 394 g/mol. The van der Waals surface area contributed by atoms with Crippen LogP contribution < -0.4 is 5.32 Å². The predicted molar refractivity (Wildman–Crippen MR) is 111 cm³/mol. The Labute approximate surface area is 167 Å². The lowest BCUT2D eigenvalue weighted by atomic mass is 9.99. The standard InChI is InChI=1S/C21H22N4O2S/c1-13(2)20(27)25-9-7-14(12-25)18-11-16(15-5-3-4-6-17(15)23-18)19(26)24-21-22-8-10-28-21/h3-6,8,10-11,13-14H,7,9,12H2,1-2H3,(H,22,24,26)/t14-/m1/s1. The number of nitrogens with one attached hydrogen (secondary N) is 1. The highest BCUT2D eigenvalue weighted by Gasteiger charge is 2.30. The van der Waals surface area contributed by atoms with Crippen LogP contribution in [0, 0.1) is 5.92 Å². The molecule has 1 aliphatic rings. The number of hydrogen-bond donors (Lipinski definition) is 1. The number of thiazole rings is 1. The smallest absolute Gasteiger partial charge is 0.258 e. The highest BCUT2D eigenvalue weighted by atomic mass is 32.1.